The number of aromatic nitrogens is 2. The summed E-state index contributed by atoms with van der Waals surface area (Å²) in [5, 5.41) is 5.92. The number of rotatable bonds is 5. The smallest absolute Gasteiger partial charge is 0.267 e. The molecule has 178 valence electrons. The lowest BCUT2D eigenvalue weighted by molar-refractivity contribution is -0.123. The second kappa shape index (κ2) is 10.2. The molecule has 1 saturated heterocycles. The van der Waals surface area contributed by atoms with Crippen LogP contribution in [0.25, 0.3) is 23.0 Å². The molecule has 36 heavy (non-hydrogen) atoms. The lowest BCUT2D eigenvalue weighted by Crippen LogP contribution is -2.44. The first-order chi connectivity index (χ1) is 17.4. The first kappa shape index (κ1) is 24.2. The summed E-state index contributed by atoms with van der Waals surface area (Å²) in [5.74, 6) is -0.792. The van der Waals surface area contributed by atoms with Gasteiger partial charge in [-0.15, -0.1) is 0 Å². The van der Waals surface area contributed by atoms with Gasteiger partial charge in [-0.3, -0.25) is 15.0 Å². The lowest BCUT2D eigenvalue weighted by Gasteiger charge is -2.15. The number of thiocarbonyl (C=S) groups is 1. The second-order valence-electron chi connectivity index (χ2n) is 8.04. The number of amides is 2. The van der Waals surface area contributed by atoms with Gasteiger partial charge in [-0.2, -0.15) is 10.1 Å². The summed E-state index contributed by atoms with van der Waals surface area (Å²) in [7, 11) is 0. The predicted molar refractivity (Wildman–Crippen MR) is 150 cm³/mol. The van der Waals surface area contributed by atoms with Crippen molar-refractivity contribution in [1.29, 1.82) is 0 Å². The maximum Gasteiger partial charge on any atom is 0.285 e. The number of aryl methyl sites for hydroxylation is 1. The van der Waals surface area contributed by atoms with Crippen LogP contribution in [0.4, 0.5) is 0 Å². The molecule has 4 aromatic rings. The highest BCUT2D eigenvalue weighted by Crippen LogP contribution is 2.34. The fourth-order valence-corrected chi connectivity index (χ4v) is 5.05. The molecule has 9 heteroatoms. The highest BCUT2D eigenvalue weighted by Gasteiger charge is 2.34. The van der Waals surface area contributed by atoms with Gasteiger partial charge in [0.1, 0.15) is 0 Å². The molecule has 1 N–H and O–H groups in total. The van der Waals surface area contributed by atoms with Crippen LogP contribution in [0.2, 0.25) is 0 Å². The Morgan fingerprint density at radius 3 is 2.42 bits per heavy atom. The van der Waals surface area contributed by atoms with Gasteiger partial charge in [0.05, 0.1) is 16.3 Å². The van der Waals surface area contributed by atoms with E-state index >= 15 is 0 Å². The minimum atomic E-state index is -0.403. The van der Waals surface area contributed by atoms with Crippen molar-refractivity contribution in [3.05, 3.63) is 111 Å². The van der Waals surface area contributed by atoms with Crippen molar-refractivity contribution in [2.75, 3.05) is 0 Å². The third kappa shape index (κ3) is 5.04. The summed E-state index contributed by atoms with van der Waals surface area (Å²) in [6, 6.07) is 24.7. The number of nitrogens with one attached hydrogen (secondary N) is 1. The van der Waals surface area contributed by atoms with Crippen LogP contribution >= 0.6 is 39.9 Å². The summed E-state index contributed by atoms with van der Waals surface area (Å²) < 4.78 is 3.00. The van der Waals surface area contributed by atoms with Crippen LogP contribution in [0, 0.1) is 6.92 Å². The number of halogens is 1. The molecule has 2 amide bonds. The molecule has 1 aliphatic rings. The van der Waals surface area contributed by atoms with Gasteiger partial charge in [0.2, 0.25) is 0 Å². The van der Waals surface area contributed by atoms with Crippen LogP contribution < -0.4 is 5.43 Å². The largest absolute Gasteiger partial charge is 0.285 e. The first-order valence-electron chi connectivity index (χ1n) is 11.0. The Hall–Kier alpha value is -3.53. The summed E-state index contributed by atoms with van der Waals surface area (Å²) in [5.41, 5.74) is 7.39. The highest BCUT2D eigenvalue weighted by molar-refractivity contribution is 9.10. The van der Waals surface area contributed by atoms with E-state index in [2.05, 4.69) is 21.4 Å². The highest BCUT2D eigenvalue weighted by atomic mass is 79.9. The van der Waals surface area contributed by atoms with E-state index in [1.54, 1.807) is 22.9 Å². The van der Waals surface area contributed by atoms with Crippen molar-refractivity contribution >= 4 is 62.1 Å². The van der Waals surface area contributed by atoms with E-state index in [-0.39, 0.29) is 10.2 Å². The van der Waals surface area contributed by atoms with E-state index in [9.17, 15) is 9.59 Å². The maximum absolute atomic E-state index is 13.2. The topological polar surface area (TPSA) is 67.2 Å². The third-order valence-corrected chi connectivity index (χ3v) is 7.32. The van der Waals surface area contributed by atoms with Gasteiger partial charge >= 0.3 is 0 Å². The van der Waals surface area contributed by atoms with Crippen LogP contribution in [0.3, 0.4) is 0 Å². The normalized spacial score (nSPS) is 14.5. The number of nitrogens with zero attached hydrogens (tertiary/aromatic N) is 3. The molecule has 0 bridgehead atoms. The Labute approximate surface area is 226 Å². The average Bonchev–Trinajstić information content (AvgIpc) is 3.42. The molecule has 2 heterocycles. The van der Waals surface area contributed by atoms with Gasteiger partial charge in [0.15, 0.2) is 4.32 Å². The van der Waals surface area contributed by atoms with E-state index in [0.29, 0.717) is 10.5 Å². The van der Waals surface area contributed by atoms with Gasteiger partial charge < -0.3 is 0 Å². The quantitative estimate of drug-likeness (QED) is 0.228. The molecule has 0 saturated carbocycles. The molecule has 1 fully saturated rings. The van der Waals surface area contributed by atoms with Gasteiger partial charge in [-0.05, 0) is 61.6 Å². The standard InChI is InChI=1S/C27H19BrN4O2S2/c1-17-7-9-19(10-8-17)25(33)30-32-26(34)23(36-27(32)35)15-20-16-31(22-5-3-2-4-6-22)29-24(20)18-11-13-21(28)14-12-18/h2-16H,1H3,(H,30,33). The molecule has 6 nitrogen and oxygen atoms in total. The summed E-state index contributed by atoms with van der Waals surface area (Å²) in [6.45, 7) is 1.94. The SMILES string of the molecule is Cc1ccc(C(=O)NN2C(=O)C(=Cc3cn(-c4ccccc4)nc3-c3ccc(Br)cc3)SC2=S)cc1. The van der Waals surface area contributed by atoms with Crippen LogP contribution in [0.1, 0.15) is 21.5 Å². The zero-order valence-electron chi connectivity index (χ0n) is 19.0. The van der Waals surface area contributed by atoms with E-state index in [1.807, 2.05) is 79.9 Å². The number of benzene rings is 3. The van der Waals surface area contributed by atoms with E-state index in [1.165, 1.54) is 0 Å². The minimum Gasteiger partial charge on any atom is -0.267 e. The number of para-hydroxylation sites is 1. The molecule has 5 rings (SSSR count). The molecule has 0 aliphatic carbocycles. The van der Waals surface area contributed by atoms with Crippen molar-refractivity contribution in [3.63, 3.8) is 0 Å². The number of hydrogen-bond donors (Lipinski definition) is 1. The zero-order chi connectivity index (χ0) is 25.2. The molecule has 1 aliphatic heterocycles. The number of carbonyl (C=O) groups is 2. The van der Waals surface area contributed by atoms with E-state index in [4.69, 9.17) is 17.3 Å². The Bertz CT molecular complexity index is 1500. The minimum absolute atomic E-state index is 0.257. The molecule has 0 atom stereocenters. The van der Waals surface area contributed by atoms with Gasteiger partial charge in [0.25, 0.3) is 11.8 Å². The molecule has 0 spiro atoms. The van der Waals surface area contributed by atoms with Crippen molar-refractivity contribution in [2.45, 2.75) is 6.92 Å². The average molecular weight is 576 g/mol. The Kier molecular flexibility index (Phi) is 6.86. The molecule has 0 unspecified atom stereocenters. The number of hydrazine groups is 1. The van der Waals surface area contributed by atoms with Gasteiger partial charge in [0, 0.05) is 27.4 Å². The molecule has 1 aromatic heterocycles. The zero-order valence-corrected chi connectivity index (χ0v) is 22.2. The third-order valence-electron chi connectivity index (χ3n) is 5.49. The fourth-order valence-electron chi connectivity index (χ4n) is 3.61. The first-order valence-corrected chi connectivity index (χ1v) is 13.0. The van der Waals surface area contributed by atoms with E-state index < -0.39 is 5.91 Å². The molecular weight excluding hydrogens is 556 g/mol. The molecule has 3 aromatic carbocycles. The number of thioether (sulfide) groups is 1. The van der Waals surface area contributed by atoms with Crippen molar-refractivity contribution < 1.29 is 9.59 Å². The molecular formula is C27H19BrN4O2S2. The monoisotopic (exact) mass is 574 g/mol. The fraction of sp³-hybridized carbons (Fsp3) is 0.0370. The Morgan fingerprint density at radius 1 is 1.03 bits per heavy atom. The predicted octanol–water partition coefficient (Wildman–Crippen LogP) is 6.16. The van der Waals surface area contributed by atoms with Crippen LogP contribution in [0.5, 0.6) is 0 Å². The van der Waals surface area contributed by atoms with Crippen molar-refractivity contribution in [1.82, 2.24) is 20.2 Å². The lowest BCUT2D eigenvalue weighted by atomic mass is 10.1. The molecule has 0 radical (unpaired) electrons. The van der Waals surface area contributed by atoms with Gasteiger partial charge in [-0.25, -0.2) is 4.68 Å². The van der Waals surface area contributed by atoms with Gasteiger partial charge in [-0.1, -0.05) is 75.7 Å². The maximum atomic E-state index is 13.2. The van der Waals surface area contributed by atoms with Crippen LogP contribution in [-0.4, -0.2) is 30.9 Å². The van der Waals surface area contributed by atoms with Crippen LogP contribution in [0.15, 0.2) is 94.4 Å². The number of hydrogen-bond acceptors (Lipinski definition) is 5. The van der Waals surface area contributed by atoms with Crippen molar-refractivity contribution in [2.24, 2.45) is 0 Å². The van der Waals surface area contributed by atoms with Crippen LogP contribution in [-0.2, 0) is 4.79 Å². The Morgan fingerprint density at radius 2 is 1.72 bits per heavy atom. The van der Waals surface area contributed by atoms with Crippen molar-refractivity contribution in [3.8, 4) is 16.9 Å². The summed E-state index contributed by atoms with van der Waals surface area (Å²) in [6.07, 6.45) is 3.64. The number of carbonyl (C=O) groups excluding carboxylic acids is 2. The summed E-state index contributed by atoms with van der Waals surface area (Å²) in [4.78, 5) is 26.3. The second-order valence-corrected chi connectivity index (χ2v) is 10.6. The van der Waals surface area contributed by atoms with E-state index in [0.717, 1.165) is 49.3 Å². The summed E-state index contributed by atoms with van der Waals surface area (Å²) >= 11 is 10.0. The Balaban J connectivity index is 1.47.